The standard InChI is InChI=1S/C17H18N4O3S/c1-19-7-6-15(13-19)17(22)20-8-10-21(11-9-20)25(23,24)16-5-3-2-4-14(16)12-18/h2-7,13H,8-11H2,1H3. The second-order valence-corrected chi connectivity index (χ2v) is 7.78. The van der Waals surface area contributed by atoms with Crippen molar-refractivity contribution in [2.45, 2.75) is 4.90 Å². The Balaban J connectivity index is 1.74. The molecule has 0 N–H and O–H groups in total. The zero-order chi connectivity index (χ0) is 18.0. The molecule has 2 aromatic rings. The molecular formula is C17H18N4O3S. The van der Waals surface area contributed by atoms with E-state index < -0.39 is 10.0 Å². The molecule has 3 rings (SSSR count). The lowest BCUT2D eigenvalue weighted by atomic mass is 10.2. The van der Waals surface area contributed by atoms with Crippen LogP contribution in [0.4, 0.5) is 0 Å². The van der Waals surface area contributed by atoms with Gasteiger partial charge in [-0.3, -0.25) is 4.79 Å². The topological polar surface area (TPSA) is 86.4 Å². The number of aromatic nitrogens is 1. The lowest BCUT2D eigenvalue weighted by Gasteiger charge is -2.34. The van der Waals surface area contributed by atoms with E-state index in [2.05, 4.69) is 0 Å². The van der Waals surface area contributed by atoms with E-state index in [-0.39, 0.29) is 29.5 Å². The van der Waals surface area contributed by atoms with Crippen molar-refractivity contribution in [3.63, 3.8) is 0 Å². The number of carbonyl (C=O) groups excluding carboxylic acids is 1. The van der Waals surface area contributed by atoms with Crippen LogP contribution in [0.5, 0.6) is 0 Å². The number of amides is 1. The summed E-state index contributed by atoms with van der Waals surface area (Å²) in [6, 6.07) is 9.82. The number of hydrogen-bond acceptors (Lipinski definition) is 4. The molecule has 0 atom stereocenters. The van der Waals surface area contributed by atoms with Crippen molar-refractivity contribution >= 4 is 15.9 Å². The van der Waals surface area contributed by atoms with Crippen LogP contribution in [-0.4, -0.2) is 54.3 Å². The van der Waals surface area contributed by atoms with Gasteiger partial charge in [0.25, 0.3) is 5.91 Å². The first-order valence-electron chi connectivity index (χ1n) is 7.84. The molecule has 0 aliphatic carbocycles. The third kappa shape index (κ3) is 3.29. The molecule has 2 heterocycles. The highest BCUT2D eigenvalue weighted by Crippen LogP contribution is 2.21. The smallest absolute Gasteiger partial charge is 0.255 e. The van der Waals surface area contributed by atoms with Gasteiger partial charge in [0, 0.05) is 45.6 Å². The van der Waals surface area contributed by atoms with Crippen molar-refractivity contribution in [3.05, 3.63) is 53.9 Å². The lowest BCUT2D eigenvalue weighted by Crippen LogP contribution is -2.50. The van der Waals surface area contributed by atoms with Crippen LogP contribution in [0.2, 0.25) is 0 Å². The third-order valence-corrected chi connectivity index (χ3v) is 6.19. The Bertz CT molecular complexity index is 935. The highest BCUT2D eigenvalue weighted by atomic mass is 32.2. The maximum absolute atomic E-state index is 12.8. The molecule has 0 saturated carbocycles. The number of hydrogen-bond donors (Lipinski definition) is 0. The number of aryl methyl sites for hydroxylation is 1. The predicted octanol–water partition coefficient (Wildman–Crippen LogP) is 1.04. The zero-order valence-corrected chi connectivity index (χ0v) is 14.6. The van der Waals surface area contributed by atoms with E-state index in [9.17, 15) is 13.2 Å². The monoisotopic (exact) mass is 358 g/mol. The van der Waals surface area contributed by atoms with Gasteiger partial charge in [0.05, 0.1) is 16.0 Å². The van der Waals surface area contributed by atoms with Crippen LogP contribution < -0.4 is 0 Å². The van der Waals surface area contributed by atoms with Crippen molar-refractivity contribution < 1.29 is 13.2 Å². The largest absolute Gasteiger partial charge is 0.356 e. The molecule has 1 aromatic heterocycles. The SMILES string of the molecule is Cn1ccc(C(=O)N2CCN(S(=O)(=O)c3ccccc3C#N)CC2)c1. The van der Waals surface area contributed by atoms with Crippen molar-refractivity contribution in [1.82, 2.24) is 13.8 Å². The molecule has 0 unspecified atom stereocenters. The Labute approximate surface area is 146 Å². The highest BCUT2D eigenvalue weighted by molar-refractivity contribution is 7.89. The number of carbonyl (C=O) groups is 1. The van der Waals surface area contributed by atoms with Crippen molar-refractivity contribution in [2.75, 3.05) is 26.2 Å². The minimum atomic E-state index is -3.75. The molecular weight excluding hydrogens is 340 g/mol. The van der Waals surface area contributed by atoms with Gasteiger partial charge in [0.15, 0.2) is 0 Å². The molecule has 7 nitrogen and oxygen atoms in total. The maximum atomic E-state index is 12.8. The quantitative estimate of drug-likeness (QED) is 0.820. The average Bonchev–Trinajstić information content (AvgIpc) is 3.07. The van der Waals surface area contributed by atoms with Crippen LogP contribution in [0, 0.1) is 11.3 Å². The lowest BCUT2D eigenvalue weighted by molar-refractivity contribution is 0.0698. The van der Waals surface area contributed by atoms with Gasteiger partial charge in [-0.15, -0.1) is 0 Å². The predicted molar refractivity (Wildman–Crippen MR) is 91.2 cm³/mol. The molecule has 1 fully saturated rings. The summed E-state index contributed by atoms with van der Waals surface area (Å²) in [5, 5.41) is 9.14. The Morgan fingerprint density at radius 3 is 2.40 bits per heavy atom. The summed E-state index contributed by atoms with van der Waals surface area (Å²) in [6.45, 7) is 1.06. The van der Waals surface area contributed by atoms with Crippen LogP contribution in [0.3, 0.4) is 0 Å². The molecule has 0 bridgehead atoms. The zero-order valence-electron chi connectivity index (χ0n) is 13.8. The van der Waals surface area contributed by atoms with Crippen LogP contribution in [0.15, 0.2) is 47.6 Å². The van der Waals surface area contributed by atoms with Gasteiger partial charge in [-0.05, 0) is 18.2 Å². The minimum absolute atomic E-state index is 0.0142. The highest BCUT2D eigenvalue weighted by Gasteiger charge is 2.31. The number of piperazine rings is 1. The number of benzene rings is 1. The minimum Gasteiger partial charge on any atom is -0.356 e. The van der Waals surface area contributed by atoms with Gasteiger partial charge in [-0.1, -0.05) is 12.1 Å². The molecule has 25 heavy (non-hydrogen) atoms. The van der Waals surface area contributed by atoms with Crippen molar-refractivity contribution in [3.8, 4) is 6.07 Å². The van der Waals surface area contributed by atoms with E-state index in [1.807, 2.05) is 13.1 Å². The van der Waals surface area contributed by atoms with Gasteiger partial charge in [0.2, 0.25) is 10.0 Å². The summed E-state index contributed by atoms with van der Waals surface area (Å²) in [5.41, 5.74) is 0.721. The number of nitriles is 1. The number of rotatable bonds is 3. The van der Waals surface area contributed by atoms with Crippen LogP contribution >= 0.6 is 0 Å². The second kappa shape index (κ2) is 6.70. The van der Waals surface area contributed by atoms with Crippen molar-refractivity contribution in [2.24, 2.45) is 7.05 Å². The molecule has 1 amide bonds. The molecule has 0 radical (unpaired) electrons. The summed E-state index contributed by atoms with van der Waals surface area (Å²) < 4.78 is 28.7. The van der Waals surface area contributed by atoms with Crippen LogP contribution in [-0.2, 0) is 17.1 Å². The molecule has 1 aromatic carbocycles. The summed E-state index contributed by atoms with van der Waals surface area (Å²) in [4.78, 5) is 14.1. The van der Waals surface area contributed by atoms with E-state index in [0.29, 0.717) is 18.7 Å². The number of sulfonamides is 1. The molecule has 1 aliphatic rings. The van der Waals surface area contributed by atoms with Crippen LogP contribution in [0.1, 0.15) is 15.9 Å². The van der Waals surface area contributed by atoms with E-state index >= 15 is 0 Å². The summed E-state index contributed by atoms with van der Waals surface area (Å²) in [6.07, 6.45) is 3.54. The van der Waals surface area contributed by atoms with Gasteiger partial charge in [-0.25, -0.2) is 8.42 Å². The maximum Gasteiger partial charge on any atom is 0.255 e. The first-order chi connectivity index (χ1) is 11.9. The Morgan fingerprint density at radius 2 is 1.80 bits per heavy atom. The molecule has 1 saturated heterocycles. The first kappa shape index (κ1) is 17.2. The normalized spacial score (nSPS) is 15.8. The third-order valence-electron chi connectivity index (χ3n) is 4.23. The summed E-state index contributed by atoms with van der Waals surface area (Å²) in [7, 11) is -1.90. The van der Waals surface area contributed by atoms with E-state index in [4.69, 9.17) is 5.26 Å². The van der Waals surface area contributed by atoms with Gasteiger partial charge < -0.3 is 9.47 Å². The van der Waals surface area contributed by atoms with E-state index in [1.54, 1.807) is 40.1 Å². The van der Waals surface area contributed by atoms with Crippen molar-refractivity contribution in [1.29, 1.82) is 5.26 Å². The molecule has 1 aliphatic heterocycles. The first-order valence-corrected chi connectivity index (χ1v) is 9.28. The summed E-state index contributed by atoms with van der Waals surface area (Å²) >= 11 is 0. The molecule has 0 spiro atoms. The van der Waals surface area contributed by atoms with E-state index in [1.165, 1.54) is 16.4 Å². The van der Waals surface area contributed by atoms with Gasteiger partial charge in [0.1, 0.15) is 6.07 Å². The van der Waals surface area contributed by atoms with Crippen LogP contribution in [0.25, 0.3) is 0 Å². The Hall–Kier alpha value is -2.63. The second-order valence-electron chi connectivity index (χ2n) is 5.87. The van der Waals surface area contributed by atoms with Gasteiger partial charge in [-0.2, -0.15) is 9.57 Å². The fraction of sp³-hybridized carbons (Fsp3) is 0.294. The Kier molecular flexibility index (Phi) is 4.61. The fourth-order valence-corrected chi connectivity index (χ4v) is 4.43. The molecule has 8 heteroatoms. The average molecular weight is 358 g/mol. The van der Waals surface area contributed by atoms with Gasteiger partial charge >= 0.3 is 0 Å². The number of nitrogens with zero attached hydrogens (tertiary/aromatic N) is 4. The van der Waals surface area contributed by atoms with E-state index in [0.717, 1.165) is 0 Å². The fourth-order valence-electron chi connectivity index (χ4n) is 2.87. The summed E-state index contributed by atoms with van der Waals surface area (Å²) in [5.74, 6) is -0.102. The Morgan fingerprint density at radius 1 is 1.12 bits per heavy atom. The molecule has 130 valence electrons.